The molecule has 20 heavy (non-hydrogen) atoms. The Hall–Kier alpha value is -0.630. The number of carbonyl (C=O) groups is 1. The lowest BCUT2D eigenvalue weighted by Gasteiger charge is -2.50. The van der Waals surface area contributed by atoms with E-state index in [2.05, 4.69) is 6.58 Å². The van der Waals surface area contributed by atoms with Crippen LogP contribution in [0.25, 0.3) is 0 Å². The van der Waals surface area contributed by atoms with Gasteiger partial charge in [0, 0.05) is 12.8 Å². The summed E-state index contributed by atoms with van der Waals surface area (Å²) in [5.41, 5.74) is -0.704. The van der Waals surface area contributed by atoms with Crippen LogP contribution in [0.4, 0.5) is 0 Å². The highest BCUT2D eigenvalue weighted by Gasteiger charge is 2.46. The zero-order valence-corrected chi connectivity index (χ0v) is 12.7. The molecule has 6 unspecified atom stereocenters. The van der Waals surface area contributed by atoms with Crippen LogP contribution in [0.5, 0.6) is 0 Å². The predicted molar refractivity (Wildman–Crippen MR) is 80.2 cm³/mol. The number of carbonyl (C=O) groups excluding carboxylic acids is 1. The van der Waals surface area contributed by atoms with E-state index in [1.807, 2.05) is 6.92 Å². The molecule has 3 rings (SSSR count). The van der Waals surface area contributed by atoms with E-state index in [1.54, 1.807) is 6.08 Å². The molecule has 3 saturated carbocycles. The van der Waals surface area contributed by atoms with Crippen LogP contribution in [0.2, 0.25) is 0 Å². The van der Waals surface area contributed by atoms with Crippen LogP contribution in [0.3, 0.4) is 0 Å². The minimum Gasteiger partial charge on any atom is -0.386 e. The number of ketones is 1. The molecule has 0 bridgehead atoms. The van der Waals surface area contributed by atoms with Gasteiger partial charge in [-0.1, -0.05) is 6.08 Å². The normalized spacial score (nSPS) is 44.1. The summed E-state index contributed by atoms with van der Waals surface area (Å²) in [5.74, 6) is 3.93. The maximum Gasteiger partial charge on any atom is 0.133 e. The van der Waals surface area contributed by atoms with E-state index in [-0.39, 0.29) is 0 Å². The lowest BCUT2D eigenvalue weighted by atomic mass is 9.55. The zero-order valence-electron chi connectivity index (χ0n) is 12.7. The van der Waals surface area contributed by atoms with Crippen molar-refractivity contribution in [2.45, 2.75) is 63.9 Å². The van der Waals surface area contributed by atoms with E-state index in [4.69, 9.17) is 0 Å². The average Bonchev–Trinajstić information content (AvgIpc) is 2.46. The van der Waals surface area contributed by atoms with E-state index in [0.29, 0.717) is 17.6 Å². The molecule has 2 nitrogen and oxygen atoms in total. The van der Waals surface area contributed by atoms with Gasteiger partial charge in [-0.2, -0.15) is 0 Å². The Morgan fingerprint density at radius 3 is 2.60 bits per heavy atom. The number of fused-ring (bicyclic) bond motifs is 3. The fourth-order valence-corrected chi connectivity index (χ4v) is 5.30. The molecule has 3 fully saturated rings. The molecule has 0 saturated heterocycles. The van der Waals surface area contributed by atoms with Crippen molar-refractivity contribution in [3.05, 3.63) is 12.7 Å². The molecule has 0 heterocycles. The highest BCUT2D eigenvalue weighted by molar-refractivity contribution is 5.79. The van der Waals surface area contributed by atoms with E-state index < -0.39 is 5.60 Å². The highest BCUT2D eigenvalue weighted by Crippen LogP contribution is 2.53. The summed E-state index contributed by atoms with van der Waals surface area (Å²) in [4.78, 5) is 11.7. The van der Waals surface area contributed by atoms with E-state index >= 15 is 0 Å². The number of hydrogen-bond acceptors (Lipinski definition) is 2. The Morgan fingerprint density at radius 1 is 1.15 bits per heavy atom. The molecule has 6 atom stereocenters. The summed E-state index contributed by atoms with van der Waals surface area (Å²) >= 11 is 0. The third-order valence-electron chi connectivity index (χ3n) is 6.59. The fourth-order valence-electron chi connectivity index (χ4n) is 5.30. The van der Waals surface area contributed by atoms with Gasteiger partial charge in [-0.25, -0.2) is 0 Å². The van der Waals surface area contributed by atoms with Gasteiger partial charge in [-0.3, -0.25) is 4.79 Å². The second kappa shape index (κ2) is 5.29. The van der Waals surface area contributed by atoms with Crippen LogP contribution < -0.4 is 0 Å². The molecule has 0 aliphatic heterocycles. The number of rotatable bonds is 2. The van der Waals surface area contributed by atoms with Gasteiger partial charge >= 0.3 is 0 Å². The van der Waals surface area contributed by atoms with Gasteiger partial charge in [0.2, 0.25) is 0 Å². The lowest BCUT2D eigenvalue weighted by Crippen LogP contribution is -2.45. The second-order valence-corrected chi connectivity index (χ2v) is 7.65. The third kappa shape index (κ3) is 2.47. The first-order valence-electron chi connectivity index (χ1n) is 8.39. The maximum absolute atomic E-state index is 11.7. The van der Waals surface area contributed by atoms with Crippen LogP contribution >= 0.6 is 0 Å². The van der Waals surface area contributed by atoms with Crippen LogP contribution in [-0.2, 0) is 4.79 Å². The van der Waals surface area contributed by atoms with Gasteiger partial charge in [0.05, 0.1) is 5.60 Å². The molecule has 0 aromatic rings. The molecule has 0 aromatic heterocycles. The molecule has 0 radical (unpaired) electrons. The van der Waals surface area contributed by atoms with E-state index in [0.717, 1.165) is 49.9 Å². The van der Waals surface area contributed by atoms with E-state index in [9.17, 15) is 9.90 Å². The van der Waals surface area contributed by atoms with Crippen molar-refractivity contribution in [3.8, 4) is 0 Å². The SMILES string of the molecule is C=CC(C)(O)C1CCC2C(CCC3CC(=O)CCC32)C1. The molecule has 2 heteroatoms. The fraction of sp³-hybridized carbons (Fsp3) is 0.833. The second-order valence-electron chi connectivity index (χ2n) is 7.65. The van der Waals surface area contributed by atoms with Crippen molar-refractivity contribution in [1.29, 1.82) is 0 Å². The predicted octanol–water partition coefficient (Wildman–Crippen LogP) is 3.74. The topological polar surface area (TPSA) is 37.3 Å². The van der Waals surface area contributed by atoms with Gasteiger partial charge in [-0.15, -0.1) is 6.58 Å². The summed E-state index contributed by atoms with van der Waals surface area (Å²) in [6.45, 7) is 5.71. The van der Waals surface area contributed by atoms with Crippen molar-refractivity contribution in [1.82, 2.24) is 0 Å². The summed E-state index contributed by atoms with van der Waals surface area (Å²) in [6, 6.07) is 0. The molecule has 3 aliphatic rings. The molecule has 0 amide bonds. The standard InChI is InChI=1S/C18H28O2/c1-3-18(2,20)14-6-8-16-12(10-14)4-5-13-11-15(19)7-9-17(13)16/h3,12-14,16-17,20H,1,4-11H2,2H3. The summed E-state index contributed by atoms with van der Waals surface area (Å²) < 4.78 is 0. The first-order chi connectivity index (χ1) is 9.51. The number of aliphatic hydroxyl groups is 1. The average molecular weight is 276 g/mol. The van der Waals surface area contributed by atoms with Crippen molar-refractivity contribution in [2.24, 2.45) is 29.6 Å². The summed E-state index contributed by atoms with van der Waals surface area (Å²) in [5, 5.41) is 10.4. The molecular weight excluding hydrogens is 248 g/mol. The zero-order chi connectivity index (χ0) is 14.3. The van der Waals surface area contributed by atoms with Gasteiger partial charge < -0.3 is 5.11 Å². The first-order valence-corrected chi connectivity index (χ1v) is 8.39. The Morgan fingerprint density at radius 2 is 1.85 bits per heavy atom. The Labute approximate surface area is 122 Å². The quantitative estimate of drug-likeness (QED) is 0.780. The Balaban J connectivity index is 1.69. The van der Waals surface area contributed by atoms with Crippen LogP contribution in [0.15, 0.2) is 12.7 Å². The summed E-state index contributed by atoms with van der Waals surface area (Å²) in [6.07, 6.45) is 10.5. The number of Topliss-reactive ketones (excluding diaryl/α,β-unsaturated/α-hetero) is 1. The maximum atomic E-state index is 11.7. The largest absolute Gasteiger partial charge is 0.386 e. The summed E-state index contributed by atoms with van der Waals surface area (Å²) in [7, 11) is 0. The van der Waals surface area contributed by atoms with Gasteiger partial charge in [0.1, 0.15) is 5.78 Å². The Bertz CT molecular complexity index is 398. The third-order valence-corrected chi connectivity index (χ3v) is 6.59. The van der Waals surface area contributed by atoms with Crippen LogP contribution in [0, 0.1) is 29.6 Å². The lowest BCUT2D eigenvalue weighted by molar-refractivity contribution is -0.125. The Kier molecular flexibility index (Phi) is 3.79. The molecule has 0 aromatic carbocycles. The smallest absolute Gasteiger partial charge is 0.133 e. The number of hydrogen-bond donors (Lipinski definition) is 1. The molecule has 3 aliphatic carbocycles. The molecular formula is C18H28O2. The van der Waals surface area contributed by atoms with Crippen molar-refractivity contribution < 1.29 is 9.90 Å². The van der Waals surface area contributed by atoms with E-state index in [1.165, 1.54) is 19.3 Å². The van der Waals surface area contributed by atoms with Crippen molar-refractivity contribution in [2.75, 3.05) is 0 Å². The molecule has 112 valence electrons. The van der Waals surface area contributed by atoms with Crippen molar-refractivity contribution in [3.63, 3.8) is 0 Å². The van der Waals surface area contributed by atoms with Gasteiger partial charge in [-0.05, 0) is 75.0 Å². The van der Waals surface area contributed by atoms with Gasteiger partial charge in [0.25, 0.3) is 0 Å². The highest BCUT2D eigenvalue weighted by atomic mass is 16.3. The minimum atomic E-state index is -0.704. The minimum absolute atomic E-state index is 0.378. The van der Waals surface area contributed by atoms with Gasteiger partial charge in [0.15, 0.2) is 0 Å². The molecule has 1 N–H and O–H groups in total. The van der Waals surface area contributed by atoms with Crippen LogP contribution in [0.1, 0.15) is 58.3 Å². The first kappa shape index (κ1) is 14.3. The monoisotopic (exact) mass is 276 g/mol. The van der Waals surface area contributed by atoms with Crippen LogP contribution in [-0.4, -0.2) is 16.5 Å². The van der Waals surface area contributed by atoms with Crippen molar-refractivity contribution >= 4 is 5.78 Å². The molecule has 0 spiro atoms.